The fraction of sp³-hybridized carbons (Fsp3) is 0.125. The lowest BCUT2D eigenvalue weighted by Crippen LogP contribution is -2.52. The van der Waals surface area contributed by atoms with E-state index in [-0.39, 0.29) is 17.4 Å². The van der Waals surface area contributed by atoms with Gasteiger partial charge in [0.1, 0.15) is 0 Å². The Morgan fingerprint density at radius 3 is 2.00 bits per heavy atom. The Morgan fingerprint density at radius 1 is 1.00 bits per heavy atom. The summed E-state index contributed by atoms with van der Waals surface area (Å²) in [6, 6.07) is 15.4. The van der Waals surface area contributed by atoms with Crippen molar-refractivity contribution in [2.75, 3.05) is 0 Å². The maximum absolute atomic E-state index is 13.5. The number of benzene rings is 2. The molecule has 0 radical (unpaired) electrons. The van der Waals surface area contributed by atoms with Crippen LogP contribution >= 0.6 is 0 Å². The summed E-state index contributed by atoms with van der Waals surface area (Å²) in [6.45, 7) is 0. The first kappa shape index (κ1) is 14.8. The van der Waals surface area contributed by atoms with Crippen LogP contribution in [0.2, 0.25) is 0 Å². The molecule has 0 aliphatic rings. The van der Waals surface area contributed by atoms with Crippen molar-refractivity contribution in [3.63, 3.8) is 0 Å². The van der Waals surface area contributed by atoms with E-state index < -0.39 is 17.9 Å². The molecule has 2 aromatic carbocycles. The zero-order valence-electron chi connectivity index (χ0n) is 11.0. The molecule has 108 valence electrons. The molecule has 5 heteroatoms. The third-order valence-corrected chi connectivity index (χ3v) is 3.14. The lowest BCUT2D eigenvalue weighted by molar-refractivity contribution is -0.119. The smallest absolute Gasteiger partial charge is 0.272 e. The second kappa shape index (κ2) is 6.26. The largest absolute Gasteiger partial charge is 0.331 e. The molecule has 0 aliphatic carbocycles. The summed E-state index contributed by atoms with van der Waals surface area (Å²) in [5.41, 5.74) is -2.10. The lowest BCUT2D eigenvalue weighted by Gasteiger charge is -2.29. The summed E-state index contributed by atoms with van der Waals surface area (Å²) in [6.07, 6.45) is -2.99. The van der Waals surface area contributed by atoms with E-state index >= 15 is 0 Å². The average Bonchev–Trinajstić information content (AvgIpc) is 2.54. The van der Waals surface area contributed by atoms with E-state index in [0.717, 1.165) is 0 Å². The minimum atomic E-state index is -3.06. The van der Waals surface area contributed by atoms with Gasteiger partial charge in [-0.25, -0.2) is 8.78 Å². The van der Waals surface area contributed by atoms with Crippen molar-refractivity contribution in [3.05, 3.63) is 71.8 Å². The number of carbonyl (C=O) groups is 2. The van der Waals surface area contributed by atoms with Gasteiger partial charge in [-0.3, -0.25) is 4.79 Å². The average molecular weight is 289 g/mol. The molecule has 0 aromatic heterocycles. The van der Waals surface area contributed by atoms with E-state index in [1.165, 1.54) is 36.4 Å². The number of nitrogens with one attached hydrogen (secondary N) is 1. The van der Waals surface area contributed by atoms with Crippen LogP contribution < -0.4 is 5.32 Å². The fourth-order valence-corrected chi connectivity index (χ4v) is 1.97. The van der Waals surface area contributed by atoms with Gasteiger partial charge in [-0.1, -0.05) is 48.5 Å². The van der Waals surface area contributed by atoms with Crippen molar-refractivity contribution in [2.24, 2.45) is 0 Å². The number of hydrogen-bond donors (Lipinski definition) is 1. The molecular formula is C16H13F2NO2. The molecule has 1 amide bonds. The quantitative estimate of drug-likeness (QED) is 0.860. The number of amides is 1. The Hall–Kier alpha value is -2.56. The maximum atomic E-state index is 13.5. The van der Waals surface area contributed by atoms with Crippen LogP contribution in [0, 0.1) is 0 Å². The highest BCUT2D eigenvalue weighted by atomic mass is 19.3. The molecule has 0 aliphatic heterocycles. The molecule has 2 aromatic rings. The number of aldehydes is 1. The van der Waals surface area contributed by atoms with Crippen molar-refractivity contribution in [1.82, 2.24) is 5.32 Å². The normalized spacial score (nSPS) is 13.5. The second-order valence-electron chi connectivity index (χ2n) is 4.47. The first-order chi connectivity index (χ1) is 10.1. The van der Waals surface area contributed by atoms with E-state index in [9.17, 15) is 18.4 Å². The van der Waals surface area contributed by atoms with Crippen molar-refractivity contribution in [2.45, 2.75) is 12.0 Å². The SMILES string of the molecule is O=C[C@@](NC(=O)c1ccccc1)(c1ccccc1)C(F)F. The first-order valence-corrected chi connectivity index (χ1v) is 6.27. The predicted octanol–water partition coefficient (Wildman–Crippen LogP) is 2.78. The summed E-state index contributed by atoms with van der Waals surface area (Å²) in [4.78, 5) is 23.4. The summed E-state index contributed by atoms with van der Waals surface area (Å²) in [5, 5.41) is 2.16. The Bertz CT molecular complexity index is 617. The molecule has 0 bridgehead atoms. The van der Waals surface area contributed by atoms with Gasteiger partial charge in [0.15, 0.2) is 11.8 Å². The van der Waals surface area contributed by atoms with Gasteiger partial charge in [-0.05, 0) is 17.7 Å². The van der Waals surface area contributed by atoms with Gasteiger partial charge in [0.2, 0.25) is 0 Å². The molecule has 1 atom stereocenters. The van der Waals surface area contributed by atoms with Crippen LogP contribution in [-0.2, 0) is 10.3 Å². The predicted molar refractivity (Wildman–Crippen MR) is 74.1 cm³/mol. The number of carbonyl (C=O) groups excluding carboxylic acids is 2. The zero-order valence-corrected chi connectivity index (χ0v) is 11.0. The molecule has 21 heavy (non-hydrogen) atoms. The molecule has 1 N–H and O–H groups in total. The van der Waals surface area contributed by atoms with Crippen LogP contribution in [-0.4, -0.2) is 18.6 Å². The molecule has 0 spiro atoms. The lowest BCUT2D eigenvalue weighted by atomic mass is 9.91. The van der Waals surface area contributed by atoms with Crippen LogP contribution in [0.15, 0.2) is 60.7 Å². The van der Waals surface area contributed by atoms with E-state index in [2.05, 4.69) is 5.32 Å². The topological polar surface area (TPSA) is 46.2 Å². The van der Waals surface area contributed by atoms with Crippen LogP contribution in [0.3, 0.4) is 0 Å². The molecular weight excluding hydrogens is 276 g/mol. The van der Waals surface area contributed by atoms with Crippen LogP contribution in [0.5, 0.6) is 0 Å². The van der Waals surface area contributed by atoms with Crippen LogP contribution in [0.25, 0.3) is 0 Å². The van der Waals surface area contributed by atoms with Gasteiger partial charge in [0.25, 0.3) is 12.3 Å². The van der Waals surface area contributed by atoms with E-state index in [4.69, 9.17) is 0 Å². The van der Waals surface area contributed by atoms with Gasteiger partial charge in [-0.2, -0.15) is 0 Å². The highest BCUT2D eigenvalue weighted by Gasteiger charge is 2.43. The minimum absolute atomic E-state index is 0.0410. The van der Waals surface area contributed by atoms with Gasteiger partial charge < -0.3 is 10.1 Å². The number of hydrogen-bond acceptors (Lipinski definition) is 2. The molecule has 0 fully saturated rings. The molecule has 2 rings (SSSR count). The number of halogens is 2. The van der Waals surface area contributed by atoms with E-state index in [1.807, 2.05) is 0 Å². The molecule has 3 nitrogen and oxygen atoms in total. The maximum Gasteiger partial charge on any atom is 0.272 e. The Labute approximate surface area is 120 Å². The van der Waals surface area contributed by atoms with Gasteiger partial charge in [0.05, 0.1) is 0 Å². The molecule has 0 saturated carbocycles. The van der Waals surface area contributed by atoms with Crippen LogP contribution in [0.1, 0.15) is 15.9 Å². The van der Waals surface area contributed by atoms with E-state index in [1.54, 1.807) is 24.3 Å². The fourth-order valence-electron chi connectivity index (χ4n) is 1.97. The van der Waals surface area contributed by atoms with Crippen molar-refractivity contribution >= 4 is 12.2 Å². The Balaban J connectivity index is 2.38. The van der Waals surface area contributed by atoms with Gasteiger partial charge in [-0.15, -0.1) is 0 Å². The first-order valence-electron chi connectivity index (χ1n) is 6.27. The van der Waals surface area contributed by atoms with Crippen molar-refractivity contribution < 1.29 is 18.4 Å². The standard InChI is InChI=1S/C16H13F2NO2/c17-15(18)16(11-20,13-9-5-2-6-10-13)19-14(21)12-7-3-1-4-8-12/h1-11,15H,(H,19,21)/t16-/m1/s1. The summed E-state index contributed by atoms with van der Waals surface area (Å²) >= 11 is 0. The third-order valence-electron chi connectivity index (χ3n) is 3.14. The Morgan fingerprint density at radius 2 is 1.52 bits per heavy atom. The Kier molecular flexibility index (Phi) is 4.42. The number of alkyl halides is 2. The van der Waals surface area contributed by atoms with Crippen molar-refractivity contribution in [1.29, 1.82) is 0 Å². The summed E-state index contributed by atoms with van der Waals surface area (Å²) in [5.74, 6) is -0.730. The van der Waals surface area contributed by atoms with Gasteiger partial charge >= 0.3 is 0 Å². The zero-order chi connectivity index (χ0) is 15.3. The van der Waals surface area contributed by atoms with Crippen molar-refractivity contribution in [3.8, 4) is 0 Å². The highest BCUT2D eigenvalue weighted by Crippen LogP contribution is 2.27. The van der Waals surface area contributed by atoms with Gasteiger partial charge in [0, 0.05) is 5.56 Å². The molecule has 0 heterocycles. The highest BCUT2D eigenvalue weighted by molar-refractivity contribution is 5.96. The summed E-state index contributed by atoms with van der Waals surface area (Å²) < 4.78 is 26.9. The van der Waals surface area contributed by atoms with E-state index in [0.29, 0.717) is 0 Å². The van der Waals surface area contributed by atoms with Crippen LogP contribution in [0.4, 0.5) is 8.78 Å². The number of rotatable bonds is 5. The minimum Gasteiger partial charge on any atom is -0.331 e. The molecule has 0 unspecified atom stereocenters. The summed E-state index contributed by atoms with van der Waals surface area (Å²) in [7, 11) is 0. The second-order valence-corrected chi connectivity index (χ2v) is 4.47. The molecule has 0 saturated heterocycles. The monoisotopic (exact) mass is 289 g/mol. The third kappa shape index (κ3) is 2.97.